The lowest BCUT2D eigenvalue weighted by Gasteiger charge is -2.37. The van der Waals surface area contributed by atoms with E-state index in [9.17, 15) is 4.79 Å². The van der Waals surface area contributed by atoms with Crippen LogP contribution >= 0.6 is 11.6 Å². The van der Waals surface area contributed by atoms with E-state index < -0.39 is 0 Å². The third-order valence-corrected chi connectivity index (χ3v) is 3.38. The largest absolute Gasteiger partial charge is 0.368 e. The minimum atomic E-state index is 0.0887. The number of rotatable bonds is 1. The Bertz CT molecular complexity index is 411. The summed E-state index contributed by atoms with van der Waals surface area (Å²) in [5.41, 5.74) is 1.16. The second kappa shape index (κ2) is 5.48. The summed E-state index contributed by atoms with van der Waals surface area (Å²) in [5, 5.41) is 0.750. The van der Waals surface area contributed by atoms with Crippen molar-refractivity contribution in [1.29, 1.82) is 0 Å². The Morgan fingerprint density at radius 3 is 2.17 bits per heavy atom. The summed E-state index contributed by atoms with van der Waals surface area (Å²) < 4.78 is 0. The summed E-state index contributed by atoms with van der Waals surface area (Å²) in [6, 6.07) is 7.92. The number of urea groups is 1. The molecule has 1 aromatic carbocycles. The van der Waals surface area contributed by atoms with Crippen LogP contribution in [0.2, 0.25) is 5.02 Å². The van der Waals surface area contributed by atoms with Crippen LogP contribution in [-0.2, 0) is 0 Å². The standard InChI is InChI=1S/C13H18ClN3O/c1-15(2)13(18)17-9-7-16(8-10-17)12-5-3-11(14)4-6-12/h3-6H,7-10H2,1-2H3. The highest BCUT2D eigenvalue weighted by molar-refractivity contribution is 6.30. The molecule has 1 heterocycles. The van der Waals surface area contributed by atoms with Crippen molar-refractivity contribution >= 4 is 23.3 Å². The number of nitrogens with zero attached hydrogens (tertiary/aromatic N) is 3. The molecule has 98 valence electrons. The summed E-state index contributed by atoms with van der Waals surface area (Å²) in [6.07, 6.45) is 0. The Kier molecular flexibility index (Phi) is 3.97. The lowest BCUT2D eigenvalue weighted by molar-refractivity contribution is 0.168. The topological polar surface area (TPSA) is 26.8 Å². The Morgan fingerprint density at radius 2 is 1.67 bits per heavy atom. The van der Waals surface area contributed by atoms with Crippen LogP contribution in [-0.4, -0.2) is 56.1 Å². The molecule has 1 aromatic rings. The molecule has 0 saturated carbocycles. The summed E-state index contributed by atoms with van der Waals surface area (Å²) >= 11 is 5.87. The van der Waals surface area contributed by atoms with E-state index in [1.807, 2.05) is 29.2 Å². The molecule has 2 rings (SSSR count). The second-order valence-corrected chi connectivity index (χ2v) is 5.06. The van der Waals surface area contributed by atoms with Crippen molar-refractivity contribution in [3.63, 3.8) is 0 Å². The van der Waals surface area contributed by atoms with E-state index in [4.69, 9.17) is 11.6 Å². The van der Waals surface area contributed by atoms with Crippen LogP contribution in [0, 0.1) is 0 Å². The van der Waals surface area contributed by atoms with E-state index >= 15 is 0 Å². The molecule has 0 aromatic heterocycles. The number of benzene rings is 1. The van der Waals surface area contributed by atoms with Gasteiger partial charge < -0.3 is 14.7 Å². The molecule has 18 heavy (non-hydrogen) atoms. The Labute approximate surface area is 113 Å². The molecule has 0 N–H and O–H groups in total. The summed E-state index contributed by atoms with van der Waals surface area (Å²) in [6.45, 7) is 3.25. The zero-order valence-corrected chi connectivity index (χ0v) is 11.5. The highest BCUT2D eigenvalue weighted by Gasteiger charge is 2.22. The quantitative estimate of drug-likeness (QED) is 0.780. The van der Waals surface area contributed by atoms with Crippen LogP contribution in [0.4, 0.5) is 10.5 Å². The lowest BCUT2D eigenvalue weighted by atomic mass is 10.2. The number of amides is 2. The number of anilines is 1. The molecule has 1 aliphatic heterocycles. The Hall–Kier alpha value is -1.42. The Morgan fingerprint density at radius 1 is 1.11 bits per heavy atom. The molecule has 5 heteroatoms. The van der Waals surface area contributed by atoms with Gasteiger partial charge in [0.15, 0.2) is 0 Å². The molecule has 0 spiro atoms. The summed E-state index contributed by atoms with van der Waals surface area (Å²) in [7, 11) is 3.57. The third kappa shape index (κ3) is 2.88. The van der Waals surface area contributed by atoms with Crippen LogP contribution in [0.5, 0.6) is 0 Å². The lowest BCUT2D eigenvalue weighted by Crippen LogP contribution is -2.51. The van der Waals surface area contributed by atoms with Crippen molar-refractivity contribution in [2.75, 3.05) is 45.2 Å². The molecule has 0 atom stereocenters. The molecular weight excluding hydrogens is 250 g/mol. The molecule has 0 radical (unpaired) electrons. The summed E-state index contributed by atoms with van der Waals surface area (Å²) in [5.74, 6) is 0. The van der Waals surface area contributed by atoms with Crippen LogP contribution in [0.3, 0.4) is 0 Å². The first kappa shape index (κ1) is 13.0. The molecule has 1 fully saturated rings. The van der Waals surface area contributed by atoms with Crippen molar-refractivity contribution in [3.05, 3.63) is 29.3 Å². The van der Waals surface area contributed by atoms with Gasteiger partial charge in [-0.15, -0.1) is 0 Å². The minimum absolute atomic E-state index is 0.0887. The van der Waals surface area contributed by atoms with E-state index in [2.05, 4.69) is 4.90 Å². The van der Waals surface area contributed by atoms with Gasteiger partial charge in [-0.2, -0.15) is 0 Å². The van der Waals surface area contributed by atoms with E-state index in [0.717, 1.165) is 36.9 Å². The van der Waals surface area contributed by atoms with E-state index in [1.165, 1.54) is 0 Å². The zero-order valence-electron chi connectivity index (χ0n) is 10.8. The van der Waals surface area contributed by atoms with Gasteiger partial charge in [0.2, 0.25) is 0 Å². The fourth-order valence-electron chi connectivity index (χ4n) is 2.09. The van der Waals surface area contributed by atoms with Crippen molar-refractivity contribution in [1.82, 2.24) is 9.80 Å². The fourth-order valence-corrected chi connectivity index (χ4v) is 2.22. The first-order valence-electron chi connectivity index (χ1n) is 6.04. The molecule has 0 aliphatic carbocycles. The second-order valence-electron chi connectivity index (χ2n) is 4.63. The van der Waals surface area contributed by atoms with Crippen LogP contribution in [0.25, 0.3) is 0 Å². The molecule has 1 aliphatic rings. The van der Waals surface area contributed by atoms with Crippen molar-refractivity contribution < 1.29 is 4.79 Å². The van der Waals surface area contributed by atoms with Gasteiger partial charge in [-0.1, -0.05) is 11.6 Å². The molecule has 4 nitrogen and oxygen atoms in total. The molecule has 0 bridgehead atoms. The molecule has 2 amide bonds. The minimum Gasteiger partial charge on any atom is -0.368 e. The van der Waals surface area contributed by atoms with Crippen molar-refractivity contribution in [3.8, 4) is 0 Å². The van der Waals surface area contributed by atoms with Gasteiger partial charge in [0.05, 0.1) is 0 Å². The van der Waals surface area contributed by atoms with Gasteiger partial charge >= 0.3 is 6.03 Å². The van der Waals surface area contributed by atoms with Gasteiger partial charge in [-0.3, -0.25) is 0 Å². The van der Waals surface area contributed by atoms with Gasteiger partial charge in [-0.05, 0) is 24.3 Å². The first-order valence-corrected chi connectivity index (χ1v) is 6.42. The van der Waals surface area contributed by atoms with Gasteiger partial charge in [0, 0.05) is 51.0 Å². The first-order chi connectivity index (χ1) is 8.58. The maximum absolute atomic E-state index is 11.8. The monoisotopic (exact) mass is 267 g/mol. The predicted octanol–water partition coefficient (Wildman–Crippen LogP) is 2.14. The smallest absolute Gasteiger partial charge is 0.319 e. The van der Waals surface area contributed by atoms with E-state index in [1.54, 1.807) is 19.0 Å². The highest BCUT2D eigenvalue weighted by Crippen LogP contribution is 2.19. The summed E-state index contributed by atoms with van der Waals surface area (Å²) in [4.78, 5) is 17.6. The average Bonchev–Trinajstić information content (AvgIpc) is 2.39. The maximum atomic E-state index is 11.8. The number of piperazine rings is 1. The molecular formula is C13H18ClN3O. The van der Waals surface area contributed by atoms with Crippen molar-refractivity contribution in [2.45, 2.75) is 0 Å². The number of hydrogen-bond donors (Lipinski definition) is 0. The third-order valence-electron chi connectivity index (χ3n) is 3.12. The highest BCUT2D eigenvalue weighted by atomic mass is 35.5. The molecule has 1 saturated heterocycles. The Balaban J connectivity index is 1.94. The van der Waals surface area contributed by atoms with E-state index in [-0.39, 0.29) is 6.03 Å². The number of halogens is 1. The van der Waals surface area contributed by atoms with Gasteiger partial charge in [-0.25, -0.2) is 4.79 Å². The van der Waals surface area contributed by atoms with Gasteiger partial charge in [0.1, 0.15) is 0 Å². The van der Waals surface area contributed by atoms with Crippen LogP contribution in [0.15, 0.2) is 24.3 Å². The van der Waals surface area contributed by atoms with Gasteiger partial charge in [0.25, 0.3) is 0 Å². The average molecular weight is 268 g/mol. The van der Waals surface area contributed by atoms with E-state index in [0.29, 0.717) is 0 Å². The number of carbonyl (C=O) groups is 1. The van der Waals surface area contributed by atoms with Crippen LogP contribution < -0.4 is 4.90 Å². The number of carbonyl (C=O) groups excluding carboxylic acids is 1. The maximum Gasteiger partial charge on any atom is 0.319 e. The molecule has 0 unspecified atom stereocenters. The van der Waals surface area contributed by atoms with Crippen LogP contribution in [0.1, 0.15) is 0 Å². The normalized spacial score (nSPS) is 15.7. The van der Waals surface area contributed by atoms with Crippen molar-refractivity contribution in [2.24, 2.45) is 0 Å². The fraction of sp³-hybridized carbons (Fsp3) is 0.462. The number of hydrogen-bond acceptors (Lipinski definition) is 2. The SMILES string of the molecule is CN(C)C(=O)N1CCN(c2ccc(Cl)cc2)CC1. The zero-order chi connectivity index (χ0) is 13.1. The predicted molar refractivity (Wildman–Crippen MR) is 74.3 cm³/mol.